The maximum Gasteiger partial charge on any atom is 0.327 e. The molecule has 0 bridgehead atoms. The van der Waals surface area contributed by atoms with E-state index >= 15 is 0 Å². The monoisotopic (exact) mass is 524 g/mol. The maximum absolute atomic E-state index is 13.5. The van der Waals surface area contributed by atoms with E-state index in [4.69, 9.17) is 4.74 Å². The first kappa shape index (κ1) is 25.1. The number of sulfonamides is 1. The van der Waals surface area contributed by atoms with Crippen LogP contribution in [-0.2, 0) is 19.6 Å². The van der Waals surface area contributed by atoms with Crippen LogP contribution >= 0.6 is 0 Å². The van der Waals surface area contributed by atoms with Gasteiger partial charge in [-0.2, -0.15) is 4.31 Å². The minimum absolute atomic E-state index is 0.0424. The van der Waals surface area contributed by atoms with Gasteiger partial charge >= 0.3 is 5.97 Å². The van der Waals surface area contributed by atoms with Crippen LogP contribution < -0.4 is 10.2 Å². The van der Waals surface area contributed by atoms with Gasteiger partial charge in [0.2, 0.25) is 10.0 Å². The minimum atomic E-state index is -4.23. The normalized spacial score (nSPS) is 23.6. The number of nitro benzene ring substituents is 1. The molecular weight excluding hydrogens is 496 g/mol. The van der Waals surface area contributed by atoms with E-state index in [1.54, 1.807) is 0 Å². The molecule has 0 saturated carbocycles. The number of nitrogens with zero attached hydrogens (tertiary/aromatic N) is 3. The molecule has 3 atom stereocenters. The van der Waals surface area contributed by atoms with Gasteiger partial charge in [-0.3, -0.25) is 15.4 Å². The van der Waals surface area contributed by atoms with E-state index < -0.39 is 32.1 Å². The summed E-state index contributed by atoms with van der Waals surface area (Å²) in [4.78, 5) is 25.6. The van der Waals surface area contributed by atoms with Crippen molar-refractivity contribution >= 4 is 38.1 Å². The molecule has 2 saturated heterocycles. The number of esters is 1. The quantitative estimate of drug-likeness (QED) is 0.297. The van der Waals surface area contributed by atoms with Crippen LogP contribution in [-0.4, -0.2) is 63.4 Å². The van der Waals surface area contributed by atoms with Crippen molar-refractivity contribution in [1.82, 2.24) is 9.62 Å². The summed E-state index contributed by atoms with van der Waals surface area (Å²) < 4.78 is 33.3. The molecule has 11 heteroatoms. The molecule has 2 fully saturated rings. The van der Waals surface area contributed by atoms with Crippen molar-refractivity contribution in [3.05, 3.63) is 76.3 Å². The molecule has 10 nitrogen and oxygen atoms in total. The van der Waals surface area contributed by atoms with E-state index in [0.29, 0.717) is 6.42 Å². The zero-order valence-electron chi connectivity index (χ0n) is 20.7. The minimum Gasteiger partial charge on any atom is -0.468 e. The molecule has 1 unspecified atom stereocenters. The number of hydrogen-bond donors (Lipinski definition) is 1. The molecule has 0 spiro atoms. The first-order valence-electron chi connectivity index (χ1n) is 11.9. The Labute approximate surface area is 215 Å². The summed E-state index contributed by atoms with van der Waals surface area (Å²) in [5.41, 5.74) is 0.330. The molecule has 3 aromatic rings. The fourth-order valence-corrected chi connectivity index (χ4v) is 7.48. The van der Waals surface area contributed by atoms with Crippen LogP contribution in [0.25, 0.3) is 10.8 Å². The van der Waals surface area contributed by atoms with Crippen LogP contribution in [0.5, 0.6) is 0 Å². The molecular formula is C26H28N4O6S. The summed E-state index contributed by atoms with van der Waals surface area (Å²) in [5, 5.41) is 17.1. The van der Waals surface area contributed by atoms with Gasteiger partial charge < -0.3 is 9.64 Å². The highest BCUT2D eigenvalue weighted by Crippen LogP contribution is 2.47. The predicted molar refractivity (Wildman–Crippen MR) is 139 cm³/mol. The van der Waals surface area contributed by atoms with E-state index in [1.165, 1.54) is 25.3 Å². The van der Waals surface area contributed by atoms with Gasteiger partial charge in [0.05, 0.1) is 12.0 Å². The van der Waals surface area contributed by atoms with Gasteiger partial charge in [-0.1, -0.05) is 42.5 Å². The van der Waals surface area contributed by atoms with Crippen molar-refractivity contribution < 1.29 is 22.9 Å². The van der Waals surface area contributed by atoms with Crippen molar-refractivity contribution in [2.75, 3.05) is 39.2 Å². The smallest absolute Gasteiger partial charge is 0.327 e. The van der Waals surface area contributed by atoms with Crippen LogP contribution in [0.15, 0.2) is 65.6 Å². The topological polar surface area (TPSA) is 122 Å². The number of para-hydroxylation sites is 1. The number of methoxy groups -OCH3 is 1. The van der Waals surface area contributed by atoms with Gasteiger partial charge in [0, 0.05) is 56.3 Å². The average molecular weight is 525 g/mol. The number of rotatable bonds is 6. The van der Waals surface area contributed by atoms with Gasteiger partial charge in [-0.25, -0.2) is 13.2 Å². The molecule has 0 radical (unpaired) electrons. The lowest BCUT2D eigenvalue weighted by Crippen LogP contribution is -2.54. The Morgan fingerprint density at radius 3 is 2.46 bits per heavy atom. The summed E-state index contributed by atoms with van der Waals surface area (Å²) in [7, 11) is 1.02. The number of nitrogens with one attached hydrogen (secondary N) is 1. The van der Waals surface area contributed by atoms with Crippen LogP contribution in [0, 0.1) is 16.0 Å². The number of carbonyl (C=O) groups is 1. The predicted octanol–water partition coefficient (Wildman–Crippen LogP) is 3.08. The molecule has 5 rings (SSSR count). The highest BCUT2D eigenvalue weighted by atomic mass is 32.2. The van der Waals surface area contributed by atoms with Gasteiger partial charge in [0.15, 0.2) is 4.90 Å². The maximum atomic E-state index is 13.5. The number of benzene rings is 3. The van der Waals surface area contributed by atoms with Crippen molar-refractivity contribution in [3.8, 4) is 0 Å². The Kier molecular flexibility index (Phi) is 6.17. The molecule has 0 aliphatic carbocycles. The van der Waals surface area contributed by atoms with Gasteiger partial charge in [0.25, 0.3) is 5.69 Å². The van der Waals surface area contributed by atoms with Gasteiger partial charge in [-0.05, 0) is 29.5 Å². The van der Waals surface area contributed by atoms with Crippen molar-refractivity contribution in [2.24, 2.45) is 5.92 Å². The second-order valence-corrected chi connectivity index (χ2v) is 11.6. The number of fused-ring (bicyclic) bond motifs is 2. The van der Waals surface area contributed by atoms with Crippen molar-refractivity contribution in [3.63, 3.8) is 0 Å². The lowest BCUT2D eigenvalue weighted by molar-refractivity contribution is -0.387. The van der Waals surface area contributed by atoms with E-state index in [9.17, 15) is 23.3 Å². The Balaban J connectivity index is 1.52. The van der Waals surface area contributed by atoms with Crippen molar-refractivity contribution in [1.29, 1.82) is 0 Å². The highest BCUT2D eigenvalue weighted by Gasteiger charge is 2.61. The second-order valence-electron chi connectivity index (χ2n) is 9.73. The molecule has 3 aromatic carbocycles. The first-order chi connectivity index (χ1) is 17.6. The summed E-state index contributed by atoms with van der Waals surface area (Å²) >= 11 is 0. The Hall–Kier alpha value is -3.54. The Morgan fingerprint density at radius 2 is 1.78 bits per heavy atom. The standard InChI is InChI=1S/C26H28N4O6S/c1-28(2)22-13-12-19(18-8-4-5-9-20(18)22)21-14-17-15-29(16-26(17,27-21)25(31)36-3)37(34,35)24-11-7-6-10-23(24)30(32)33/h4-13,17,21,27H,14-16H2,1-3H3/t17-,21?,26-/m1/s1. The third-order valence-electron chi connectivity index (χ3n) is 7.52. The molecule has 194 valence electrons. The second kappa shape index (κ2) is 9.09. The fraction of sp³-hybridized carbons (Fsp3) is 0.346. The number of hydrogen-bond acceptors (Lipinski definition) is 8. The first-order valence-corrected chi connectivity index (χ1v) is 13.3. The van der Waals surface area contributed by atoms with Crippen LogP contribution in [0.2, 0.25) is 0 Å². The molecule has 1 N–H and O–H groups in total. The summed E-state index contributed by atoms with van der Waals surface area (Å²) in [5.74, 6) is -0.927. The number of nitro groups is 1. The van der Waals surface area contributed by atoms with Crippen LogP contribution in [0.3, 0.4) is 0 Å². The van der Waals surface area contributed by atoms with E-state index in [1.807, 2.05) is 49.3 Å². The van der Waals surface area contributed by atoms with Crippen LogP contribution in [0.4, 0.5) is 11.4 Å². The lowest BCUT2D eigenvalue weighted by Gasteiger charge is -2.28. The van der Waals surface area contributed by atoms with E-state index in [0.717, 1.165) is 32.4 Å². The number of anilines is 1. The van der Waals surface area contributed by atoms with Crippen LogP contribution in [0.1, 0.15) is 18.0 Å². The largest absolute Gasteiger partial charge is 0.468 e. The summed E-state index contributed by atoms with van der Waals surface area (Å²) in [6.45, 7) is -0.135. The molecule has 0 aromatic heterocycles. The van der Waals surface area contributed by atoms with E-state index in [2.05, 4.69) is 11.4 Å². The summed E-state index contributed by atoms with van der Waals surface area (Å²) in [6, 6.07) is 17.2. The number of ether oxygens (including phenoxy) is 1. The Bertz CT molecular complexity index is 1510. The lowest BCUT2D eigenvalue weighted by atomic mass is 9.88. The zero-order valence-corrected chi connectivity index (χ0v) is 21.6. The average Bonchev–Trinajstić information content (AvgIpc) is 3.43. The SMILES string of the molecule is COC(=O)[C@@]12CN(S(=O)(=O)c3ccccc3[N+](=O)[O-])C[C@H]1CC(c1ccc(N(C)C)c3ccccc13)N2. The van der Waals surface area contributed by atoms with E-state index in [-0.39, 0.29) is 29.9 Å². The van der Waals surface area contributed by atoms with Gasteiger partial charge in [-0.15, -0.1) is 0 Å². The summed E-state index contributed by atoms with van der Waals surface area (Å²) in [6.07, 6.45) is 0.503. The Morgan fingerprint density at radius 1 is 1.11 bits per heavy atom. The third kappa shape index (κ3) is 3.94. The molecule has 2 aliphatic heterocycles. The zero-order chi connectivity index (χ0) is 26.5. The molecule has 2 aliphatic rings. The molecule has 37 heavy (non-hydrogen) atoms. The van der Waals surface area contributed by atoms with Crippen molar-refractivity contribution in [2.45, 2.75) is 22.9 Å². The highest BCUT2D eigenvalue weighted by molar-refractivity contribution is 7.89. The van der Waals surface area contributed by atoms with Gasteiger partial charge in [0.1, 0.15) is 5.54 Å². The number of carbonyl (C=O) groups excluding carboxylic acids is 1. The third-order valence-corrected chi connectivity index (χ3v) is 9.38. The molecule has 2 heterocycles. The molecule has 0 amide bonds. The fourth-order valence-electron chi connectivity index (χ4n) is 5.79.